The average molecular weight is 392 g/mol. The summed E-state index contributed by atoms with van der Waals surface area (Å²) in [5.41, 5.74) is 7.44. The fourth-order valence-corrected chi connectivity index (χ4v) is 4.18. The van der Waals surface area contributed by atoms with Gasteiger partial charge < -0.3 is 14.8 Å². The van der Waals surface area contributed by atoms with Crippen LogP contribution >= 0.6 is 0 Å². The van der Waals surface area contributed by atoms with Crippen LogP contribution in [0.5, 0.6) is 0 Å². The van der Waals surface area contributed by atoms with Crippen molar-refractivity contribution in [3.05, 3.63) is 65.1 Å². The Labute approximate surface area is 172 Å². The Morgan fingerprint density at radius 1 is 1.17 bits per heavy atom. The van der Waals surface area contributed by atoms with E-state index in [1.54, 1.807) is 0 Å². The zero-order valence-electron chi connectivity index (χ0n) is 17.6. The first-order chi connectivity index (χ1) is 14.1. The highest BCUT2D eigenvalue weighted by molar-refractivity contribution is 5.92. The Morgan fingerprint density at radius 2 is 1.97 bits per heavy atom. The van der Waals surface area contributed by atoms with E-state index < -0.39 is 0 Å². The number of unbranched alkanes of at least 4 members (excludes halogenated alkanes) is 1. The summed E-state index contributed by atoms with van der Waals surface area (Å²) in [7, 11) is 2.19. The van der Waals surface area contributed by atoms with Crippen molar-refractivity contribution in [1.29, 1.82) is 0 Å². The smallest absolute Gasteiger partial charge is 0.123 e. The number of hydrogen-bond acceptors (Lipinski definition) is 2. The van der Waals surface area contributed by atoms with Crippen molar-refractivity contribution in [2.75, 3.05) is 25.5 Å². The fraction of sp³-hybridized carbons (Fsp3) is 0.360. The number of aromatic nitrogens is 1. The van der Waals surface area contributed by atoms with Crippen molar-refractivity contribution in [2.24, 2.45) is 0 Å². The van der Waals surface area contributed by atoms with E-state index in [0.717, 1.165) is 37.2 Å². The lowest BCUT2D eigenvalue weighted by atomic mass is 10.0. The molecule has 0 amide bonds. The molecule has 0 unspecified atom stereocenters. The molecule has 0 fully saturated rings. The summed E-state index contributed by atoms with van der Waals surface area (Å²) in [6.45, 7) is 7.36. The van der Waals surface area contributed by atoms with E-state index in [2.05, 4.69) is 60.1 Å². The van der Waals surface area contributed by atoms with Crippen LogP contribution in [0.2, 0.25) is 0 Å². The number of nitrogens with zero attached hydrogens (tertiary/aromatic N) is 2. The van der Waals surface area contributed by atoms with Crippen molar-refractivity contribution in [1.82, 2.24) is 9.47 Å². The van der Waals surface area contributed by atoms with E-state index in [4.69, 9.17) is 0 Å². The van der Waals surface area contributed by atoms with Gasteiger partial charge in [0, 0.05) is 49.0 Å². The highest BCUT2D eigenvalue weighted by atomic mass is 19.1. The number of rotatable bonds is 6. The van der Waals surface area contributed by atoms with Gasteiger partial charge in [-0.2, -0.15) is 0 Å². The van der Waals surface area contributed by atoms with Crippen LogP contribution in [0, 0.1) is 5.82 Å². The molecular weight excluding hydrogens is 361 g/mol. The molecule has 0 saturated heterocycles. The summed E-state index contributed by atoms with van der Waals surface area (Å²) in [5.74, 6) is -0.198. The number of allylic oxidation sites excluding steroid dienone is 1. The van der Waals surface area contributed by atoms with Crippen molar-refractivity contribution in [3.63, 3.8) is 0 Å². The predicted octanol–water partition coefficient (Wildman–Crippen LogP) is 6.00. The van der Waals surface area contributed by atoms with Crippen LogP contribution in [0.25, 0.3) is 22.7 Å². The van der Waals surface area contributed by atoms with E-state index in [9.17, 15) is 4.39 Å². The Balaban J connectivity index is 1.78. The Kier molecular flexibility index (Phi) is 5.72. The molecule has 2 aromatic carbocycles. The van der Waals surface area contributed by atoms with Gasteiger partial charge in [-0.3, -0.25) is 0 Å². The average Bonchev–Trinajstić information content (AvgIpc) is 3.01. The van der Waals surface area contributed by atoms with Crippen LogP contribution in [0.1, 0.15) is 43.5 Å². The molecule has 29 heavy (non-hydrogen) atoms. The van der Waals surface area contributed by atoms with Crippen molar-refractivity contribution >= 4 is 28.4 Å². The number of likely N-dealkylation sites (N-methyl/N-ethyl adjacent to an activating group) is 1. The molecule has 3 aromatic rings. The highest BCUT2D eigenvalue weighted by Gasteiger charge is 2.22. The number of halogens is 1. The first-order valence-corrected chi connectivity index (χ1v) is 10.6. The zero-order valence-corrected chi connectivity index (χ0v) is 17.6. The van der Waals surface area contributed by atoms with E-state index in [-0.39, 0.29) is 5.82 Å². The quantitative estimate of drug-likeness (QED) is 0.520. The first-order valence-electron chi connectivity index (χ1n) is 10.6. The van der Waals surface area contributed by atoms with Gasteiger partial charge in [0.05, 0.1) is 5.52 Å². The summed E-state index contributed by atoms with van der Waals surface area (Å²) in [5, 5.41) is 4.89. The van der Waals surface area contributed by atoms with Gasteiger partial charge in [0.25, 0.3) is 0 Å². The lowest BCUT2D eigenvalue weighted by Crippen LogP contribution is -2.26. The van der Waals surface area contributed by atoms with Crippen molar-refractivity contribution in [3.8, 4) is 0 Å². The van der Waals surface area contributed by atoms with E-state index in [1.807, 2.05) is 12.1 Å². The molecule has 1 aliphatic heterocycles. The van der Waals surface area contributed by atoms with Crippen LogP contribution in [0.4, 0.5) is 10.1 Å². The van der Waals surface area contributed by atoms with Gasteiger partial charge in [0.2, 0.25) is 0 Å². The maximum Gasteiger partial charge on any atom is 0.123 e. The topological polar surface area (TPSA) is 20.2 Å². The fourth-order valence-electron chi connectivity index (χ4n) is 4.18. The van der Waals surface area contributed by atoms with Crippen LogP contribution in [0.3, 0.4) is 0 Å². The molecular formula is C25H30FN3. The third-order valence-corrected chi connectivity index (χ3v) is 5.86. The lowest BCUT2D eigenvalue weighted by molar-refractivity contribution is 0.312. The van der Waals surface area contributed by atoms with Crippen LogP contribution in [0.15, 0.2) is 42.5 Å². The molecule has 2 heterocycles. The van der Waals surface area contributed by atoms with E-state index in [0.29, 0.717) is 0 Å². The highest BCUT2D eigenvalue weighted by Crippen LogP contribution is 2.33. The van der Waals surface area contributed by atoms with Gasteiger partial charge in [-0.15, -0.1) is 0 Å². The maximum absolute atomic E-state index is 13.3. The molecule has 4 rings (SSSR count). The standard InChI is InChI=1S/C25H30FN3/c1-4-5-13-27-21-10-11-24-22(15-21)23-17-28(3)14-12-25(23)29(24)16-18(2)19-6-8-20(26)9-7-19/h6-11,15-16,27H,4-5,12-14,17H2,1-3H3. The Bertz CT molecular complexity index is 1030. The Morgan fingerprint density at radius 3 is 2.72 bits per heavy atom. The van der Waals surface area contributed by atoms with Crippen molar-refractivity contribution < 1.29 is 4.39 Å². The molecule has 1 aromatic heterocycles. The minimum absolute atomic E-state index is 0.198. The summed E-state index contributed by atoms with van der Waals surface area (Å²) in [6, 6.07) is 13.5. The summed E-state index contributed by atoms with van der Waals surface area (Å²) in [4.78, 5) is 2.39. The second-order valence-corrected chi connectivity index (χ2v) is 8.11. The van der Waals surface area contributed by atoms with E-state index in [1.165, 1.54) is 52.8 Å². The predicted molar refractivity (Wildman–Crippen MR) is 122 cm³/mol. The van der Waals surface area contributed by atoms with E-state index >= 15 is 0 Å². The van der Waals surface area contributed by atoms with Crippen LogP contribution in [-0.2, 0) is 13.0 Å². The molecule has 0 atom stereocenters. The largest absolute Gasteiger partial charge is 0.385 e. The number of fused-ring (bicyclic) bond motifs is 3. The minimum Gasteiger partial charge on any atom is -0.385 e. The van der Waals surface area contributed by atoms with Crippen LogP contribution < -0.4 is 5.32 Å². The van der Waals surface area contributed by atoms with Crippen LogP contribution in [-0.4, -0.2) is 29.6 Å². The molecule has 0 bridgehead atoms. The second-order valence-electron chi connectivity index (χ2n) is 8.11. The molecule has 1 N–H and O–H groups in total. The normalized spacial score (nSPS) is 15.0. The number of hydrogen-bond donors (Lipinski definition) is 1. The molecule has 0 aliphatic carbocycles. The third kappa shape index (κ3) is 4.08. The number of nitrogens with one attached hydrogen (secondary N) is 1. The lowest BCUT2D eigenvalue weighted by Gasteiger charge is -2.23. The number of benzene rings is 2. The summed E-state index contributed by atoms with van der Waals surface area (Å²) in [6.07, 6.45) is 5.62. The van der Waals surface area contributed by atoms with Gasteiger partial charge >= 0.3 is 0 Å². The summed E-state index contributed by atoms with van der Waals surface area (Å²) >= 11 is 0. The van der Waals surface area contributed by atoms with Gasteiger partial charge in [0.1, 0.15) is 5.82 Å². The third-order valence-electron chi connectivity index (χ3n) is 5.86. The molecule has 0 radical (unpaired) electrons. The number of anilines is 1. The monoisotopic (exact) mass is 391 g/mol. The van der Waals surface area contributed by atoms with Gasteiger partial charge in [-0.05, 0) is 67.4 Å². The molecule has 0 spiro atoms. The first kappa shape index (κ1) is 19.7. The summed E-state index contributed by atoms with van der Waals surface area (Å²) < 4.78 is 15.7. The molecule has 4 heteroatoms. The maximum atomic E-state index is 13.3. The molecule has 1 aliphatic rings. The van der Waals surface area contributed by atoms with Gasteiger partial charge in [-0.1, -0.05) is 25.5 Å². The molecule has 3 nitrogen and oxygen atoms in total. The Hall–Kier alpha value is -2.59. The minimum atomic E-state index is -0.198. The molecule has 152 valence electrons. The zero-order chi connectivity index (χ0) is 20.4. The van der Waals surface area contributed by atoms with Gasteiger partial charge in [-0.25, -0.2) is 4.39 Å². The SMILES string of the molecule is CCCCNc1ccc2c(c1)c1c(n2C=C(C)c2ccc(F)cc2)CCN(C)C1. The van der Waals surface area contributed by atoms with Gasteiger partial charge in [0.15, 0.2) is 0 Å². The second kappa shape index (κ2) is 8.42. The molecule has 0 saturated carbocycles. The van der Waals surface area contributed by atoms with Crippen molar-refractivity contribution in [2.45, 2.75) is 39.7 Å².